The van der Waals surface area contributed by atoms with Gasteiger partial charge in [0.25, 0.3) is 0 Å². The first-order valence-electron chi connectivity index (χ1n) is 5.18. The quantitative estimate of drug-likeness (QED) is 0.703. The lowest BCUT2D eigenvalue weighted by Gasteiger charge is -2.20. The van der Waals surface area contributed by atoms with Gasteiger partial charge >= 0.3 is 0 Å². The molecule has 0 saturated carbocycles. The van der Waals surface area contributed by atoms with Crippen LogP contribution in [0.4, 0.5) is 0 Å². The lowest BCUT2D eigenvalue weighted by Crippen LogP contribution is -2.13. The van der Waals surface area contributed by atoms with Crippen LogP contribution in [-0.2, 0) is 5.41 Å². The number of methoxy groups -OCH3 is 1. The fraction of sp³-hybridized carbons (Fsp3) is 0.462. The first-order valence-corrected chi connectivity index (χ1v) is 5.18. The van der Waals surface area contributed by atoms with Gasteiger partial charge in [-0.3, -0.25) is 4.79 Å². The molecule has 1 aliphatic rings. The molecule has 15 heavy (non-hydrogen) atoms. The Balaban J connectivity index is 2.77. The molecule has 0 unspecified atom stereocenters. The molecule has 0 bridgehead atoms. The molecule has 1 aromatic carbocycles. The van der Waals surface area contributed by atoms with Crippen molar-refractivity contribution in [3.8, 4) is 5.75 Å². The Hall–Kier alpha value is -1.31. The van der Waals surface area contributed by atoms with Gasteiger partial charge in [0.2, 0.25) is 0 Å². The third-order valence-electron chi connectivity index (χ3n) is 3.15. The molecule has 0 atom stereocenters. The van der Waals surface area contributed by atoms with Crippen molar-refractivity contribution in [2.75, 3.05) is 7.11 Å². The van der Waals surface area contributed by atoms with E-state index < -0.39 is 0 Å². The van der Waals surface area contributed by atoms with Crippen LogP contribution in [0.2, 0.25) is 0 Å². The van der Waals surface area contributed by atoms with Gasteiger partial charge in [0, 0.05) is 23.0 Å². The van der Waals surface area contributed by atoms with Crippen LogP contribution < -0.4 is 4.74 Å². The van der Waals surface area contributed by atoms with E-state index in [1.54, 1.807) is 7.11 Å². The second-order valence-corrected chi connectivity index (χ2v) is 4.82. The lowest BCUT2D eigenvalue weighted by atomic mass is 9.85. The Morgan fingerprint density at radius 2 is 2.00 bits per heavy atom. The summed E-state index contributed by atoms with van der Waals surface area (Å²) in [7, 11) is 1.66. The summed E-state index contributed by atoms with van der Waals surface area (Å²) in [6.07, 6.45) is 0.587. The van der Waals surface area contributed by atoms with Crippen LogP contribution in [0.25, 0.3) is 0 Å². The number of hydrogen-bond acceptors (Lipinski definition) is 2. The molecule has 0 saturated heterocycles. The molecule has 0 radical (unpaired) electrons. The van der Waals surface area contributed by atoms with E-state index in [0.29, 0.717) is 6.42 Å². The van der Waals surface area contributed by atoms with Crippen molar-refractivity contribution in [1.29, 1.82) is 0 Å². The lowest BCUT2D eigenvalue weighted by molar-refractivity contribution is 0.0979. The summed E-state index contributed by atoms with van der Waals surface area (Å²) >= 11 is 0. The second kappa shape index (κ2) is 3.09. The average Bonchev–Trinajstić information content (AvgIpc) is 2.39. The predicted molar refractivity (Wildman–Crippen MR) is 59.7 cm³/mol. The molecule has 0 spiro atoms. The Labute approximate surface area is 90.3 Å². The van der Waals surface area contributed by atoms with Crippen LogP contribution >= 0.6 is 0 Å². The summed E-state index contributed by atoms with van der Waals surface area (Å²) in [5.41, 5.74) is 2.92. The van der Waals surface area contributed by atoms with E-state index in [9.17, 15) is 4.79 Å². The largest absolute Gasteiger partial charge is 0.496 e. The number of hydrogen-bond donors (Lipinski definition) is 0. The highest BCUT2D eigenvalue weighted by molar-refractivity contribution is 6.04. The van der Waals surface area contributed by atoms with Crippen LogP contribution in [-0.4, -0.2) is 12.9 Å². The molecule has 80 valence electrons. The molecule has 1 aromatic rings. The zero-order valence-electron chi connectivity index (χ0n) is 9.68. The van der Waals surface area contributed by atoms with E-state index >= 15 is 0 Å². The summed E-state index contributed by atoms with van der Waals surface area (Å²) in [5, 5.41) is 0. The first-order chi connectivity index (χ1) is 6.97. The highest BCUT2D eigenvalue weighted by Gasteiger charge is 2.39. The molecule has 0 amide bonds. The first kappa shape index (κ1) is 10.2. The van der Waals surface area contributed by atoms with E-state index in [1.807, 2.05) is 19.1 Å². The van der Waals surface area contributed by atoms with Gasteiger partial charge in [0.1, 0.15) is 5.75 Å². The Bertz CT molecular complexity index is 430. The van der Waals surface area contributed by atoms with Crippen LogP contribution in [0.1, 0.15) is 41.8 Å². The number of benzene rings is 1. The van der Waals surface area contributed by atoms with E-state index in [1.165, 1.54) is 0 Å². The Morgan fingerprint density at radius 1 is 1.33 bits per heavy atom. The molecular formula is C13H16O2. The molecule has 2 rings (SSSR count). The van der Waals surface area contributed by atoms with Gasteiger partial charge in [0.15, 0.2) is 5.78 Å². The maximum atomic E-state index is 11.9. The number of carbonyl (C=O) groups excluding carboxylic acids is 1. The zero-order valence-corrected chi connectivity index (χ0v) is 9.68. The van der Waals surface area contributed by atoms with E-state index in [2.05, 4.69) is 13.8 Å². The van der Waals surface area contributed by atoms with Crippen LogP contribution in [0.15, 0.2) is 12.1 Å². The number of carbonyl (C=O) groups is 1. The normalized spacial score (nSPS) is 17.7. The minimum atomic E-state index is -0.0935. The SMILES string of the molecule is COc1ccc(C)c2c1C(C)(C)CC2=O. The van der Waals surface area contributed by atoms with Gasteiger partial charge in [-0.1, -0.05) is 19.9 Å². The molecule has 0 aromatic heterocycles. The monoisotopic (exact) mass is 204 g/mol. The third-order valence-corrected chi connectivity index (χ3v) is 3.15. The highest BCUT2D eigenvalue weighted by Crippen LogP contribution is 2.44. The van der Waals surface area contributed by atoms with Gasteiger partial charge in [-0.15, -0.1) is 0 Å². The second-order valence-electron chi connectivity index (χ2n) is 4.82. The third kappa shape index (κ3) is 1.36. The molecule has 0 heterocycles. The van der Waals surface area contributed by atoms with Gasteiger partial charge in [-0.25, -0.2) is 0 Å². The molecule has 0 aliphatic heterocycles. The van der Waals surface area contributed by atoms with Gasteiger partial charge < -0.3 is 4.74 Å². The smallest absolute Gasteiger partial charge is 0.164 e. The molecule has 0 fully saturated rings. The number of ketones is 1. The molecule has 2 heteroatoms. The number of fused-ring (bicyclic) bond motifs is 1. The fourth-order valence-electron chi connectivity index (χ4n) is 2.47. The fourth-order valence-corrected chi connectivity index (χ4v) is 2.47. The van der Waals surface area contributed by atoms with Gasteiger partial charge in [-0.2, -0.15) is 0 Å². The topological polar surface area (TPSA) is 26.3 Å². The molecule has 2 nitrogen and oxygen atoms in total. The minimum Gasteiger partial charge on any atom is -0.496 e. The predicted octanol–water partition coefficient (Wildman–Crippen LogP) is 2.87. The van der Waals surface area contributed by atoms with E-state index in [0.717, 1.165) is 22.4 Å². The number of ether oxygens (including phenoxy) is 1. The molecule has 0 N–H and O–H groups in total. The van der Waals surface area contributed by atoms with Gasteiger partial charge in [-0.05, 0) is 18.6 Å². The van der Waals surface area contributed by atoms with Crippen LogP contribution in [0.5, 0.6) is 5.75 Å². The summed E-state index contributed by atoms with van der Waals surface area (Å²) < 4.78 is 5.34. The summed E-state index contributed by atoms with van der Waals surface area (Å²) in [4.78, 5) is 11.9. The minimum absolute atomic E-state index is 0.0935. The van der Waals surface area contributed by atoms with Crippen LogP contribution in [0.3, 0.4) is 0 Å². The summed E-state index contributed by atoms with van der Waals surface area (Å²) in [6.45, 7) is 6.18. The van der Waals surface area contributed by atoms with Crippen LogP contribution in [0, 0.1) is 6.92 Å². The number of aryl methyl sites for hydroxylation is 1. The maximum absolute atomic E-state index is 11.9. The Kier molecular flexibility index (Phi) is 2.10. The highest BCUT2D eigenvalue weighted by atomic mass is 16.5. The van der Waals surface area contributed by atoms with E-state index in [4.69, 9.17) is 4.74 Å². The van der Waals surface area contributed by atoms with E-state index in [-0.39, 0.29) is 11.2 Å². The number of rotatable bonds is 1. The van der Waals surface area contributed by atoms with Crippen molar-refractivity contribution in [3.63, 3.8) is 0 Å². The molecule has 1 aliphatic carbocycles. The zero-order chi connectivity index (χ0) is 11.2. The maximum Gasteiger partial charge on any atom is 0.164 e. The standard InChI is InChI=1S/C13H16O2/c1-8-5-6-10(15-4)12-11(8)9(14)7-13(12,2)3/h5-6H,7H2,1-4H3. The average molecular weight is 204 g/mol. The van der Waals surface area contributed by atoms with Crippen molar-refractivity contribution in [1.82, 2.24) is 0 Å². The molecular weight excluding hydrogens is 188 g/mol. The van der Waals surface area contributed by atoms with Crippen molar-refractivity contribution >= 4 is 5.78 Å². The summed E-state index contributed by atoms with van der Waals surface area (Å²) in [6, 6.07) is 3.91. The van der Waals surface area contributed by atoms with Crippen molar-refractivity contribution in [2.24, 2.45) is 0 Å². The number of Topliss-reactive ketones (excluding diaryl/α,β-unsaturated/α-hetero) is 1. The summed E-state index contributed by atoms with van der Waals surface area (Å²) in [5.74, 6) is 1.08. The van der Waals surface area contributed by atoms with Gasteiger partial charge in [0.05, 0.1) is 7.11 Å². The van der Waals surface area contributed by atoms with Crippen molar-refractivity contribution in [2.45, 2.75) is 32.6 Å². The van der Waals surface area contributed by atoms with Crippen molar-refractivity contribution in [3.05, 3.63) is 28.8 Å². The van der Waals surface area contributed by atoms with Crippen molar-refractivity contribution < 1.29 is 9.53 Å². The Morgan fingerprint density at radius 3 is 2.60 bits per heavy atom.